The highest BCUT2D eigenvalue weighted by atomic mass is 15.0. The van der Waals surface area contributed by atoms with Crippen molar-refractivity contribution in [3.63, 3.8) is 0 Å². The van der Waals surface area contributed by atoms with Crippen molar-refractivity contribution in [2.24, 2.45) is 0 Å². The number of nitrogens with zero attached hydrogens (tertiary/aromatic N) is 2. The van der Waals surface area contributed by atoms with E-state index >= 15 is 0 Å². The van der Waals surface area contributed by atoms with Crippen LogP contribution in [0.5, 0.6) is 0 Å². The van der Waals surface area contributed by atoms with Crippen LogP contribution in [0.25, 0.3) is 11.0 Å². The molecule has 94 valence electrons. The van der Waals surface area contributed by atoms with Crippen LogP contribution < -0.4 is 5.32 Å². The van der Waals surface area contributed by atoms with Crippen molar-refractivity contribution in [3.05, 3.63) is 65.9 Å². The molecule has 0 bridgehead atoms. The maximum atomic E-state index is 4.62. The Morgan fingerprint density at radius 1 is 0.842 bits per heavy atom. The Hall–Kier alpha value is -2.42. The van der Waals surface area contributed by atoms with Gasteiger partial charge in [-0.15, -0.1) is 0 Å². The molecule has 0 saturated carbocycles. The predicted molar refractivity (Wildman–Crippen MR) is 78.0 cm³/mol. The largest absolute Gasteiger partial charge is 0.364 e. The van der Waals surface area contributed by atoms with Crippen molar-refractivity contribution in [1.29, 1.82) is 0 Å². The minimum absolute atomic E-state index is 0.759. The number of rotatable bonds is 3. The highest BCUT2D eigenvalue weighted by molar-refractivity contribution is 5.76. The van der Waals surface area contributed by atoms with Gasteiger partial charge in [-0.05, 0) is 24.6 Å². The van der Waals surface area contributed by atoms with Crippen molar-refractivity contribution in [1.82, 2.24) is 9.97 Å². The number of benzene rings is 2. The summed E-state index contributed by atoms with van der Waals surface area (Å²) in [5.41, 5.74) is 4.01. The van der Waals surface area contributed by atoms with Crippen LogP contribution in [0.15, 0.2) is 54.6 Å². The molecule has 1 heterocycles. The second-order valence-corrected chi connectivity index (χ2v) is 4.49. The Bertz CT molecular complexity index is 693. The van der Waals surface area contributed by atoms with Gasteiger partial charge in [-0.2, -0.15) is 0 Å². The topological polar surface area (TPSA) is 37.8 Å². The molecule has 0 atom stereocenters. The van der Waals surface area contributed by atoms with Crippen LogP contribution in [0.2, 0.25) is 0 Å². The fourth-order valence-corrected chi connectivity index (χ4v) is 2.04. The van der Waals surface area contributed by atoms with Crippen LogP contribution in [0.1, 0.15) is 11.3 Å². The number of anilines is 1. The average molecular weight is 249 g/mol. The van der Waals surface area contributed by atoms with Crippen molar-refractivity contribution < 1.29 is 0 Å². The normalized spacial score (nSPS) is 10.6. The third-order valence-corrected chi connectivity index (χ3v) is 3.05. The first-order chi connectivity index (χ1) is 9.33. The van der Waals surface area contributed by atoms with E-state index < -0.39 is 0 Å². The van der Waals surface area contributed by atoms with E-state index in [0.29, 0.717) is 0 Å². The van der Waals surface area contributed by atoms with Gasteiger partial charge < -0.3 is 5.32 Å². The molecule has 0 aliphatic heterocycles. The van der Waals surface area contributed by atoms with Gasteiger partial charge in [-0.25, -0.2) is 9.97 Å². The second-order valence-electron chi connectivity index (χ2n) is 4.49. The monoisotopic (exact) mass is 249 g/mol. The summed E-state index contributed by atoms with van der Waals surface area (Å²) in [7, 11) is 0. The molecule has 0 aliphatic carbocycles. The molecule has 0 unspecified atom stereocenters. The van der Waals surface area contributed by atoms with Gasteiger partial charge in [0.1, 0.15) is 5.82 Å². The molecule has 0 amide bonds. The summed E-state index contributed by atoms with van der Waals surface area (Å²) in [6.07, 6.45) is 0. The summed E-state index contributed by atoms with van der Waals surface area (Å²) in [5.74, 6) is 0.850. The van der Waals surface area contributed by atoms with Gasteiger partial charge in [0.15, 0.2) is 0 Å². The van der Waals surface area contributed by atoms with Crippen LogP contribution in [-0.2, 0) is 6.54 Å². The molecule has 0 aliphatic rings. The molecule has 3 aromatic rings. The number of hydrogen-bond acceptors (Lipinski definition) is 3. The van der Waals surface area contributed by atoms with Gasteiger partial charge in [0.05, 0.1) is 16.7 Å². The number of aromatic nitrogens is 2. The maximum absolute atomic E-state index is 4.62. The molecule has 1 N–H and O–H groups in total. The summed E-state index contributed by atoms with van der Waals surface area (Å²) in [4.78, 5) is 9.18. The number of fused-ring (bicyclic) bond motifs is 1. The van der Waals surface area contributed by atoms with Crippen LogP contribution in [0.3, 0.4) is 0 Å². The number of nitrogens with one attached hydrogen (secondary N) is 1. The lowest BCUT2D eigenvalue weighted by Crippen LogP contribution is -2.04. The lowest BCUT2D eigenvalue weighted by Gasteiger charge is -2.09. The number of aryl methyl sites for hydroxylation is 1. The van der Waals surface area contributed by atoms with Crippen LogP contribution in [0.4, 0.5) is 5.82 Å². The molecule has 0 fully saturated rings. The Labute approximate surface area is 112 Å². The molecule has 0 saturated heterocycles. The van der Waals surface area contributed by atoms with E-state index in [-0.39, 0.29) is 0 Å². The van der Waals surface area contributed by atoms with Crippen molar-refractivity contribution in [2.75, 3.05) is 5.32 Å². The highest BCUT2D eigenvalue weighted by Crippen LogP contribution is 2.16. The van der Waals surface area contributed by atoms with Gasteiger partial charge in [-0.3, -0.25) is 0 Å². The third kappa shape index (κ3) is 2.55. The Balaban J connectivity index is 1.86. The van der Waals surface area contributed by atoms with Crippen molar-refractivity contribution >= 4 is 16.9 Å². The molecule has 0 radical (unpaired) electrons. The minimum Gasteiger partial charge on any atom is -0.364 e. The molecule has 3 heteroatoms. The van der Waals surface area contributed by atoms with E-state index in [1.165, 1.54) is 5.56 Å². The van der Waals surface area contributed by atoms with Crippen LogP contribution >= 0.6 is 0 Å². The van der Waals surface area contributed by atoms with E-state index in [9.17, 15) is 0 Å². The first-order valence-corrected chi connectivity index (χ1v) is 6.34. The summed E-state index contributed by atoms with van der Waals surface area (Å²) in [6.45, 7) is 2.74. The van der Waals surface area contributed by atoms with Gasteiger partial charge in [0, 0.05) is 6.54 Å². The molecule has 19 heavy (non-hydrogen) atoms. The van der Waals surface area contributed by atoms with Crippen molar-refractivity contribution in [3.8, 4) is 0 Å². The van der Waals surface area contributed by atoms with Crippen LogP contribution in [-0.4, -0.2) is 9.97 Å². The second kappa shape index (κ2) is 5.06. The fourth-order valence-electron chi connectivity index (χ4n) is 2.04. The average Bonchev–Trinajstić information content (AvgIpc) is 2.46. The molecule has 0 spiro atoms. The zero-order chi connectivity index (χ0) is 13.1. The summed E-state index contributed by atoms with van der Waals surface area (Å²) >= 11 is 0. The minimum atomic E-state index is 0.759. The van der Waals surface area contributed by atoms with Crippen LogP contribution in [0, 0.1) is 6.92 Å². The molecule has 3 rings (SSSR count). The zero-order valence-corrected chi connectivity index (χ0v) is 10.8. The molecular weight excluding hydrogens is 234 g/mol. The molecule has 2 aromatic carbocycles. The van der Waals surface area contributed by atoms with Crippen molar-refractivity contribution in [2.45, 2.75) is 13.5 Å². The summed E-state index contributed by atoms with van der Waals surface area (Å²) in [6, 6.07) is 18.2. The van der Waals surface area contributed by atoms with E-state index in [4.69, 9.17) is 0 Å². The third-order valence-electron chi connectivity index (χ3n) is 3.05. The van der Waals surface area contributed by atoms with Gasteiger partial charge in [0.2, 0.25) is 0 Å². The zero-order valence-electron chi connectivity index (χ0n) is 10.8. The Morgan fingerprint density at radius 3 is 2.21 bits per heavy atom. The highest BCUT2D eigenvalue weighted by Gasteiger charge is 2.04. The maximum Gasteiger partial charge on any atom is 0.148 e. The Kier molecular flexibility index (Phi) is 3.11. The van der Waals surface area contributed by atoms with E-state index in [1.54, 1.807) is 0 Å². The Morgan fingerprint density at radius 2 is 1.47 bits per heavy atom. The number of hydrogen-bond donors (Lipinski definition) is 1. The van der Waals surface area contributed by atoms with Gasteiger partial charge in [-0.1, -0.05) is 42.5 Å². The quantitative estimate of drug-likeness (QED) is 0.771. The lowest BCUT2D eigenvalue weighted by molar-refractivity contribution is 1.08. The van der Waals surface area contributed by atoms with Gasteiger partial charge >= 0.3 is 0 Å². The lowest BCUT2D eigenvalue weighted by atomic mass is 10.2. The molecular formula is C16H15N3. The number of para-hydroxylation sites is 2. The van der Waals surface area contributed by atoms with E-state index in [2.05, 4.69) is 27.4 Å². The smallest absolute Gasteiger partial charge is 0.148 e. The fraction of sp³-hybridized carbons (Fsp3) is 0.125. The van der Waals surface area contributed by atoms with E-state index in [1.807, 2.05) is 49.4 Å². The molecule has 3 nitrogen and oxygen atoms in total. The summed E-state index contributed by atoms with van der Waals surface area (Å²) in [5, 5.41) is 3.35. The SMILES string of the molecule is Cc1nc2ccccc2nc1NCc1ccccc1. The first kappa shape index (κ1) is 11.7. The first-order valence-electron chi connectivity index (χ1n) is 6.34. The molecule has 1 aromatic heterocycles. The standard InChI is InChI=1S/C16H15N3/c1-12-16(17-11-13-7-3-2-4-8-13)19-15-10-6-5-9-14(15)18-12/h2-10H,11H2,1H3,(H,17,19). The van der Waals surface area contributed by atoms with E-state index in [0.717, 1.165) is 29.1 Å². The van der Waals surface area contributed by atoms with Gasteiger partial charge in [0.25, 0.3) is 0 Å². The summed E-state index contributed by atoms with van der Waals surface area (Å²) < 4.78 is 0. The predicted octanol–water partition coefficient (Wildman–Crippen LogP) is 3.55.